The molecular formula is C24H38N4O3S. The lowest BCUT2D eigenvalue weighted by Gasteiger charge is -2.20. The number of carbonyl (C=O) groups is 1. The quantitative estimate of drug-likeness (QED) is 0.547. The van der Waals surface area contributed by atoms with Crippen molar-refractivity contribution in [3.63, 3.8) is 0 Å². The van der Waals surface area contributed by atoms with Gasteiger partial charge in [-0.05, 0) is 43.4 Å². The number of hydrogen-bond donors (Lipinski definition) is 1. The number of fused-ring (bicyclic) bond motifs is 1. The summed E-state index contributed by atoms with van der Waals surface area (Å²) in [5, 5.41) is 3.25. The van der Waals surface area contributed by atoms with Crippen molar-refractivity contribution in [2.75, 3.05) is 13.1 Å². The number of sulfonamides is 1. The molecule has 178 valence electrons. The van der Waals surface area contributed by atoms with Crippen LogP contribution in [0.4, 0.5) is 0 Å². The first-order chi connectivity index (χ1) is 15.3. The van der Waals surface area contributed by atoms with E-state index in [4.69, 9.17) is 0 Å². The molecule has 1 saturated carbocycles. The molecular weight excluding hydrogens is 424 g/mol. The van der Waals surface area contributed by atoms with Gasteiger partial charge in [-0.25, -0.2) is 13.4 Å². The maximum atomic E-state index is 12.8. The van der Waals surface area contributed by atoms with Crippen molar-refractivity contribution >= 4 is 27.0 Å². The van der Waals surface area contributed by atoms with Gasteiger partial charge in [-0.1, -0.05) is 40.0 Å². The van der Waals surface area contributed by atoms with Gasteiger partial charge in [0.05, 0.1) is 15.9 Å². The van der Waals surface area contributed by atoms with Crippen molar-refractivity contribution < 1.29 is 13.2 Å². The van der Waals surface area contributed by atoms with Crippen LogP contribution in [-0.4, -0.2) is 47.3 Å². The molecule has 0 spiro atoms. The van der Waals surface area contributed by atoms with Gasteiger partial charge in [-0.2, -0.15) is 4.31 Å². The molecule has 1 aromatic carbocycles. The van der Waals surface area contributed by atoms with Gasteiger partial charge < -0.3 is 9.88 Å². The van der Waals surface area contributed by atoms with Crippen LogP contribution in [0.2, 0.25) is 0 Å². The van der Waals surface area contributed by atoms with Crippen molar-refractivity contribution in [2.24, 2.45) is 13.0 Å². The van der Waals surface area contributed by atoms with E-state index >= 15 is 0 Å². The van der Waals surface area contributed by atoms with Crippen LogP contribution in [0.5, 0.6) is 0 Å². The molecule has 2 unspecified atom stereocenters. The number of unbranched alkanes of at least 4 members (excludes halogenated alkanes) is 1. The van der Waals surface area contributed by atoms with Gasteiger partial charge in [-0.15, -0.1) is 0 Å². The largest absolute Gasteiger partial charge is 0.353 e. The Hall–Kier alpha value is -1.93. The van der Waals surface area contributed by atoms with Crippen LogP contribution in [0.1, 0.15) is 71.5 Å². The van der Waals surface area contributed by atoms with Gasteiger partial charge >= 0.3 is 0 Å². The lowest BCUT2D eigenvalue weighted by atomic mass is 9.96. The molecule has 1 amide bonds. The van der Waals surface area contributed by atoms with E-state index in [2.05, 4.69) is 17.2 Å². The summed E-state index contributed by atoms with van der Waals surface area (Å²) < 4.78 is 29.1. The zero-order chi connectivity index (χ0) is 23.3. The van der Waals surface area contributed by atoms with Crippen molar-refractivity contribution in [1.29, 1.82) is 0 Å². The number of nitrogens with zero attached hydrogens (tertiary/aromatic N) is 3. The predicted octanol–water partition coefficient (Wildman–Crippen LogP) is 4.01. The summed E-state index contributed by atoms with van der Waals surface area (Å²) >= 11 is 0. The summed E-state index contributed by atoms with van der Waals surface area (Å²) in [6, 6.07) is 5.40. The molecule has 2 atom stereocenters. The average Bonchev–Trinajstić information content (AvgIpc) is 3.34. The molecule has 1 fully saturated rings. The zero-order valence-corrected chi connectivity index (χ0v) is 20.7. The fraction of sp³-hybridized carbons (Fsp3) is 0.667. The number of imidazole rings is 1. The van der Waals surface area contributed by atoms with Crippen LogP contribution in [-0.2, 0) is 28.3 Å². The number of rotatable bonds is 11. The van der Waals surface area contributed by atoms with Crippen LogP contribution in [0.3, 0.4) is 0 Å². The third-order valence-corrected chi connectivity index (χ3v) is 8.84. The number of nitrogens with one attached hydrogen (secondary N) is 1. The Balaban J connectivity index is 1.68. The Morgan fingerprint density at radius 1 is 1.22 bits per heavy atom. The normalized spacial score (nSPS) is 19.2. The van der Waals surface area contributed by atoms with Gasteiger partial charge in [-0.3, -0.25) is 4.79 Å². The van der Waals surface area contributed by atoms with E-state index in [1.54, 1.807) is 18.2 Å². The number of carbonyl (C=O) groups excluding carboxylic acids is 1. The Bertz CT molecular complexity index is 1030. The standard InChI is InChI=1S/C24H38N4O3S/c1-5-8-10-18-11-9-12-20(18)26-24(29)16-15-23-25-21-17-19(13-14-22(21)27(23)4)32(30,31)28(6-2)7-3/h13-14,17-18,20H,5-12,15-16H2,1-4H3,(H,26,29). The van der Waals surface area contributed by atoms with Crippen molar-refractivity contribution in [3.8, 4) is 0 Å². The molecule has 0 saturated heterocycles. The molecule has 0 bridgehead atoms. The van der Waals surface area contributed by atoms with E-state index in [0.29, 0.717) is 43.4 Å². The summed E-state index contributed by atoms with van der Waals surface area (Å²) in [4.78, 5) is 17.5. The Kier molecular flexibility index (Phi) is 8.33. The van der Waals surface area contributed by atoms with Crippen molar-refractivity contribution in [1.82, 2.24) is 19.2 Å². The average molecular weight is 463 g/mol. The van der Waals surface area contributed by atoms with Crippen LogP contribution < -0.4 is 5.32 Å². The summed E-state index contributed by atoms with van der Waals surface area (Å²) in [5.41, 5.74) is 1.51. The molecule has 0 aliphatic heterocycles. The fourth-order valence-electron chi connectivity index (χ4n) is 4.87. The highest BCUT2D eigenvalue weighted by molar-refractivity contribution is 7.89. The molecule has 1 aromatic heterocycles. The van der Waals surface area contributed by atoms with Crippen LogP contribution in [0, 0.1) is 5.92 Å². The minimum Gasteiger partial charge on any atom is -0.353 e. The molecule has 32 heavy (non-hydrogen) atoms. The second-order valence-electron chi connectivity index (χ2n) is 8.83. The lowest BCUT2D eigenvalue weighted by Crippen LogP contribution is -2.37. The fourth-order valence-corrected chi connectivity index (χ4v) is 6.35. The Morgan fingerprint density at radius 3 is 2.66 bits per heavy atom. The van der Waals surface area contributed by atoms with Gasteiger partial charge in [0, 0.05) is 39.0 Å². The van der Waals surface area contributed by atoms with Crippen molar-refractivity contribution in [2.45, 2.75) is 83.1 Å². The second-order valence-corrected chi connectivity index (χ2v) is 10.8. The Morgan fingerprint density at radius 2 is 1.97 bits per heavy atom. The van der Waals surface area contributed by atoms with Crippen molar-refractivity contribution in [3.05, 3.63) is 24.0 Å². The van der Waals surface area contributed by atoms with Gasteiger partial charge in [0.1, 0.15) is 5.82 Å². The van der Waals surface area contributed by atoms with E-state index in [9.17, 15) is 13.2 Å². The third-order valence-electron chi connectivity index (χ3n) is 6.80. The highest BCUT2D eigenvalue weighted by Gasteiger charge is 2.28. The first-order valence-corrected chi connectivity index (χ1v) is 13.5. The van der Waals surface area contributed by atoms with E-state index in [1.165, 1.54) is 36.4 Å². The molecule has 1 N–H and O–H groups in total. The molecule has 1 aliphatic carbocycles. The summed E-state index contributed by atoms with van der Waals surface area (Å²) in [6.45, 7) is 6.74. The molecule has 8 heteroatoms. The maximum Gasteiger partial charge on any atom is 0.243 e. The third kappa shape index (κ3) is 5.34. The van der Waals surface area contributed by atoms with E-state index in [1.807, 2.05) is 25.5 Å². The first-order valence-electron chi connectivity index (χ1n) is 12.1. The van der Waals surface area contributed by atoms with Crippen LogP contribution >= 0.6 is 0 Å². The summed E-state index contributed by atoms with van der Waals surface area (Å²) in [7, 11) is -1.61. The molecule has 2 aromatic rings. The smallest absolute Gasteiger partial charge is 0.243 e. The molecule has 0 radical (unpaired) electrons. The highest BCUT2D eigenvalue weighted by Crippen LogP contribution is 2.30. The second kappa shape index (κ2) is 10.8. The first kappa shape index (κ1) is 24.7. The van der Waals surface area contributed by atoms with Crippen LogP contribution in [0.25, 0.3) is 11.0 Å². The van der Waals surface area contributed by atoms with E-state index in [0.717, 1.165) is 17.8 Å². The number of aryl methyl sites for hydroxylation is 2. The Labute approximate surface area is 192 Å². The molecule has 3 rings (SSSR count). The van der Waals surface area contributed by atoms with Crippen LogP contribution in [0.15, 0.2) is 23.1 Å². The van der Waals surface area contributed by atoms with E-state index < -0.39 is 10.0 Å². The SMILES string of the molecule is CCCCC1CCCC1NC(=O)CCc1nc2cc(S(=O)(=O)N(CC)CC)ccc2n1C. The summed E-state index contributed by atoms with van der Waals surface area (Å²) in [5.74, 6) is 1.48. The number of benzene rings is 1. The van der Waals surface area contributed by atoms with Gasteiger partial charge in [0.2, 0.25) is 15.9 Å². The van der Waals surface area contributed by atoms with Gasteiger partial charge in [0.25, 0.3) is 0 Å². The summed E-state index contributed by atoms with van der Waals surface area (Å²) in [6.07, 6.45) is 8.03. The molecule has 1 heterocycles. The van der Waals surface area contributed by atoms with Gasteiger partial charge in [0.15, 0.2) is 0 Å². The minimum atomic E-state index is -3.53. The topological polar surface area (TPSA) is 84.3 Å². The van der Waals surface area contributed by atoms with E-state index in [-0.39, 0.29) is 10.8 Å². The lowest BCUT2D eigenvalue weighted by molar-refractivity contribution is -0.122. The number of amides is 1. The zero-order valence-electron chi connectivity index (χ0n) is 19.9. The minimum absolute atomic E-state index is 0.0789. The monoisotopic (exact) mass is 462 g/mol. The highest BCUT2D eigenvalue weighted by atomic mass is 32.2. The number of hydrogen-bond acceptors (Lipinski definition) is 4. The molecule has 7 nitrogen and oxygen atoms in total. The molecule has 1 aliphatic rings. The number of aromatic nitrogens is 2. The predicted molar refractivity (Wildman–Crippen MR) is 128 cm³/mol. The maximum absolute atomic E-state index is 12.8.